The SMILES string of the molecule is C[CH2][Al]([CH2]C)[CH2]C.c1ccccc1. The molecule has 0 spiro atoms. The molecule has 0 fully saturated rings. The zero-order valence-corrected chi connectivity index (χ0v) is 10.3. The van der Waals surface area contributed by atoms with Gasteiger partial charge in [-0.2, -0.15) is 0 Å². The number of hydrogen-bond donors (Lipinski definition) is 0. The van der Waals surface area contributed by atoms with Gasteiger partial charge in [-0.25, -0.2) is 0 Å². The Morgan fingerprint density at radius 3 is 0.923 bits per heavy atom. The van der Waals surface area contributed by atoms with Crippen LogP contribution in [0.15, 0.2) is 36.4 Å². The molecule has 13 heavy (non-hydrogen) atoms. The lowest BCUT2D eigenvalue weighted by molar-refractivity contribution is 1.24. The van der Waals surface area contributed by atoms with E-state index in [-0.39, 0.29) is 14.1 Å². The molecule has 0 aromatic heterocycles. The molecule has 0 aliphatic carbocycles. The van der Waals surface area contributed by atoms with Gasteiger partial charge in [-0.1, -0.05) is 73.0 Å². The van der Waals surface area contributed by atoms with Gasteiger partial charge in [-0.05, 0) is 0 Å². The Morgan fingerprint density at radius 2 is 0.846 bits per heavy atom. The van der Waals surface area contributed by atoms with Crippen LogP contribution in [0.5, 0.6) is 0 Å². The third-order valence-corrected chi connectivity index (χ3v) is 5.86. The lowest BCUT2D eigenvalue weighted by Crippen LogP contribution is -2.04. The van der Waals surface area contributed by atoms with E-state index < -0.39 is 0 Å². The Bertz CT molecular complexity index is 136. The van der Waals surface area contributed by atoms with Gasteiger partial charge in [0.2, 0.25) is 0 Å². The second kappa shape index (κ2) is 9.84. The smallest absolute Gasteiger partial charge is 0.0967 e. The fraction of sp³-hybridized carbons (Fsp3) is 0.500. The monoisotopic (exact) mass is 192 g/mol. The maximum atomic E-state index is 2.32. The summed E-state index contributed by atoms with van der Waals surface area (Å²) in [5, 5.41) is 4.48. The summed E-state index contributed by atoms with van der Waals surface area (Å²) in [7, 11) is 0. The van der Waals surface area contributed by atoms with Crippen molar-refractivity contribution in [1.29, 1.82) is 0 Å². The fourth-order valence-corrected chi connectivity index (χ4v) is 2.98. The van der Waals surface area contributed by atoms with Gasteiger partial charge in [-0.3, -0.25) is 0 Å². The van der Waals surface area contributed by atoms with Crippen molar-refractivity contribution in [3.05, 3.63) is 36.4 Å². The molecular weight excluding hydrogens is 171 g/mol. The summed E-state index contributed by atoms with van der Waals surface area (Å²) < 4.78 is 0. The van der Waals surface area contributed by atoms with Gasteiger partial charge in [0.25, 0.3) is 14.1 Å². The van der Waals surface area contributed by atoms with Crippen LogP contribution in [0.4, 0.5) is 0 Å². The highest BCUT2D eigenvalue weighted by atomic mass is 27.2. The molecule has 0 saturated carbocycles. The average molecular weight is 192 g/mol. The quantitative estimate of drug-likeness (QED) is 0.629. The second-order valence-electron chi connectivity index (χ2n) is 3.25. The molecule has 0 bridgehead atoms. The topological polar surface area (TPSA) is 0 Å². The average Bonchev–Trinajstić information content (AvgIpc) is 2.24. The van der Waals surface area contributed by atoms with Crippen LogP contribution in [-0.4, -0.2) is 14.1 Å². The predicted octanol–water partition coefficient (Wildman–Crippen LogP) is 4.23. The van der Waals surface area contributed by atoms with Crippen LogP contribution in [0.3, 0.4) is 0 Å². The Hall–Kier alpha value is -0.248. The van der Waals surface area contributed by atoms with E-state index in [1.54, 1.807) is 0 Å². The molecule has 0 amide bonds. The van der Waals surface area contributed by atoms with E-state index in [1.807, 2.05) is 36.4 Å². The van der Waals surface area contributed by atoms with E-state index in [4.69, 9.17) is 0 Å². The molecule has 1 aromatic rings. The first-order chi connectivity index (χ1) is 6.35. The Balaban J connectivity index is 0.000000223. The van der Waals surface area contributed by atoms with Crippen molar-refractivity contribution < 1.29 is 0 Å². The van der Waals surface area contributed by atoms with Crippen LogP contribution in [0, 0.1) is 0 Å². The van der Waals surface area contributed by atoms with Gasteiger partial charge in [0.15, 0.2) is 0 Å². The molecule has 0 unspecified atom stereocenters. The molecule has 0 atom stereocenters. The van der Waals surface area contributed by atoms with Crippen molar-refractivity contribution >= 4 is 14.1 Å². The molecule has 0 aliphatic heterocycles. The van der Waals surface area contributed by atoms with Crippen LogP contribution in [0.2, 0.25) is 15.8 Å². The molecule has 72 valence electrons. The van der Waals surface area contributed by atoms with Crippen molar-refractivity contribution in [3.8, 4) is 0 Å². The van der Waals surface area contributed by atoms with E-state index >= 15 is 0 Å². The van der Waals surface area contributed by atoms with Crippen LogP contribution in [0.1, 0.15) is 20.8 Å². The van der Waals surface area contributed by atoms with Gasteiger partial charge in [0.1, 0.15) is 0 Å². The minimum absolute atomic E-state index is 0.171. The van der Waals surface area contributed by atoms with Crippen molar-refractivity contribution in [3.63, 3.8) is 0 Å². The van der Waals surface area contributed by atoms with Gasteiger partial charge in [-0.15, -0.1) is 0 Å². The molecule has 0 heterocycles. The Morgan fingerprint density at radius 1 is 0.615 bits per heavy atom. The van der Waals surface area contributed by atoms with Crippen molar-refractivity contribution in [2.75, 3.05) is 0 Å². The maximum Gasteiger partial charge on any atom is 0.261 e. The Labute approximate surface area is 87.4 Å². The van der Waals surface area contributed by atoms with Gasteiger partial charge >= 0.3 is 0 Å². The largest absolute Gasteiger partial charge is 0.261 e. The fourth-order valence-electron chi connectivity index (χ4n) is 1.25. The minimum atomic E-state index is -0.171. The number of rotatable bonds is 3. The van der Waals surface area contributed by atoms with E-state index in [1.165, 1.54) is 15.8 Å². The van der Waals surface area contributed by atoms with Gasteiger partial charge < -0.3 is 0 Å². The zero-order valence-electron chi connectivity index (χ0n) is 9.16. The molecule has 0 saturated heterocycles. The standard InChI is InChI=1S/C6H6.3C2H5.Al/c1-2-4-6-5-3-1;3*1-2;/h1-6H;3*1H2,2H3;. The highest BCUT2D eigenvalue weighted by Gasteiger charge is 2.05. The second-order valence-corrected chi connectivity index (χ2v) is 7.43. The first-order valence-corrected chi connectivity index (χ1v) is 7.80. The van der Waals surface area contributed by atoms with Crippen LogP contribution in [-0.2, 0) is 0 Å². The van der Waals surface area contributed by atoms with Crippen molar-refractivity contribution in [2.45, 2.75) is 36.6 Å². The first-order valence-electron chi connectivity index (χ1n) is 5.35. The van der Waals surface area contributed by atoms with Crippen LogP contribution >= 0.6 is 0 Å². The van der Waals surface area contributed by atoms with Crippen molar-refractivity contribution in [1.82, 2.24) is 0 Å². The van der Waals surface area contributed by atoms with Gasteiger partial charge in [0.05, 0.1) is 0 Å². The summed E-state index contributed by atoms with van der Waals surface area (Å²) in [4.78, 5) is 0. The summed E-state index contributed by atoms with van der Waals surface area (Å²) in [6, 6.07) is 12.0. The summed E-state index contributed by atoms with van der Waals surface area (Å²) in [5.41, 5.74) is 0. The summed E-state index contributed by atoms with van der Waals surface area (Å²) in [6.45, 7) is 6.97. The maximum absolute atomic E-state index is 2.32. The molecule has 0 radical (unpaired) electrons. The first kappa shape index (κ1) is 12.8. The summed E-state index contributed by atoms with van der Waals surface area (Å²) >= 11 is -0.171. The molecular formula is C12H21Al. The number of hydrogen-bond acceptors (Lipinski definition) is 0. The molecule has 1 aromatic carbocycles. The van der Waals surface area contributed by atoms with Crippen molar-refractivity contribution in [2.24, 2.45) is 0 Å². The summed E-state index contributed by atoms with van der Waals surface area (Å²) in [5.74, 6) is 0. The molecule has 1 rings (SSSR count). The molecule has 0 nitrogen and oxygen atoms in total. The van der Waals surface area contributed by atoms with E-state index in [2.05, 4.69) is 20.8 Å². The van der Waals surface area contributed by atoms with E-state index in [0.717, 1.165) is 0 Å². The molecule has 0 aliphatic rings. The number of benzene rings is 1. The predicted molar refractivity (Wildman–Crippen MR) is 63.6 cm³/mol. The molecule has 1 heteroatoms. The van der Waals surface area contributed by atoms with Crippen LogP contribution < -0.4 is 0 Å². The highest BCUT2D eigenvalue weighted by molar-refractivity contribution is 6.58. The van der Waals surface area contributed by atoms with E-state index in [0.29, 0.717) is 0 Å². The Kier molecular flexibility index (Phi) is 9.65. The third kappa shape index (κ3) is 8.09. The lowest BCUT2D eigenvalue weighted by Gasteiger charge is -1.97. The zero-order chi connectivity index (χ0) is 9.94. The molecule has 0 N–H and O–H groups in total. The van der Waals surface area contributed by atoms with Crippen LogP contribution in [0.25, 0.3) is 0 Å². The van der Waals surface area contributed by atoms with Gasteiger partial charge in [0, 0.05) is 0 Å². The minimum Gasteiger partial charge on any atom is -0.0967 e. The van der Waals surface area contributed by atoms with E-state index in [9.17, 15) is 0 Å². The normalized spacial score (nSPS) is 8.54. The third-order valence-electron chi connectivity index (χ3n) is 2.40. The lowest BCUT2D eigenvalue weighted by atomic mass is 10.4. The highest BCUT2D eigenvalue weighted by Crippen LogP contribution is 2.01. The summed E-state index contributed by atoms with van der Waals surface area (Å²) in [6.07, 6.45) is 0.